The molecule has 4 nitrogen and oxygen atoms in total. The summed E-state index contributed by atoms with van der Waals surface area (Å²) in [5.41, 5.74) is 0.0313. The molecular weight excluding hydrogens is 307 g/mol. The Hall–Kier alpha value is -1.92. The van der Waals surface area contributed by atoms with E-state index >= 15 is 0 Å². The molecule has 0 radical (unpaired) electrons. The van der Waals surface area contributed by atoms with Crippen LogP contribution in [0.4, 0.5) is 23.7 Å². The fourth-order valence-corrected chi connectivity index (χ4v) is 2.49. The lowest BCUT2D eigenvalue weighted by molar-refractivity contribution is 0.193. The number of nitrogens with one attached hydrogen (secondary N) is 1. The quantitative estimate of drug-likeness (QED) is 0.862. The summed E-state index contributed by atoms with van der Waals surface area (Å²) in [6, 6.07) is 2.00. The molecule has 0 spiro atoms. The minimum Gasteiger partial charge on any atom is -0.366 e. The highest BCUT2D eigenvalue weighted by Crippen LogP contribution is 2.24. The van der Waals surface area contributed by atoms with Gasteiger partial charge in [-0.2, -0.15) is 0 Å². The molecule has 23 heavy (non-hydrogen) atoms. The molecular formula is C16H22F3N3O. The van der Waals surface area contributed by atoms with Gasteiger partial charge in [0.1, 0.15) is 0 Å². The summed E-state index contributed by atoms with van der Waals surface area (Å²) in [7, 11) is 0. The Morgan fingerprint density at radius 3 is 2.39 bits per heavy atom. The van der Waals surface area contributed by atoms with Crippen molar-refractivity contribution in [2.75, 3.05) is 37.6 Å². The zero-order valence-electron chi connectivity index (χ0n) is 13.4. The van der Waals surface area contributed by atoms with Crippen molar-refractivity contribution in [3.63, 3.8) is 0 Å². The van der Waals surface area contributed by atoms with Crippen LogP contribution >= 0.6 is 0 Å². The molecule has 128 valence electrons. The lowest BCUT2D eigenvalue weighted by atomic mass is 10.1. The first-order valence-electron chi connectivity index (χ1n) is 7.81. The van der Waals surface area contributed by atoms with Gasteiger partial charge in [0.05, 0.1) is 5.69 Å². The number of benzene rings is 1. The van der Waals surface area contributed by atoms with Crippen LogP contribution in [0, 0.1) is 23.4 Å². The smallest absolute Gasteiger partial charge is 0.317 e. The number of amides is 2. The molecule has 1 aromatic rings. The number of carbonyl (C=O) groups is 1. The van der Waals surface area contributed by atoms with E-state index in [0.717, 1.165) is 12.5 Å². The Kier molecular flexibility index (Phi) is 5.74. The third-order valence-electron chi connectivity index (χ3n) is 3.92. The van der Waals surface area contributed by atoms with E-state index in [1.54, 1.807) is 9.80 Å². The molecule has 1 fully saturated rings. The second-order valence-corrected chi connectivity index (χ2v) is 6.08. The summed E-state index contributed by atoms with van der Waals surface area (Å²) >= 11 is 0. The number of anilines is 1. The van der Waals surface area contributed by atoms with Crippen LogP contribution in [0.25, 0.3) is 0 Å². The highest BCUT2D eigenvalue weighted by atomic mass is 19.2. The molecule has 1 aromatic carbocycles. The predicted molar refractivity (Wildman–Crippen MR) is 83.0 cm³/mol. The van der Waals surface area contributed by atoms with Crippen LogP contribution < -0.4 is 10.2 Å². The highest BCUT2D eigenvalue weighted by molar-refractivity contribution is 5.74. The van der Waals surface area contributed by atoms with Crippen molar-refractivity contribution in [3.8, 4) is 0 Å². The number of rotatable bonds is 4. The molecule has 0 atom stereocenters. The maximum absolute atomic E-state index is 13.8. The largest absolute Gasteiger partial charge is 0.366 e. The number of piperazine rings is 1. The summed E-state index contributed by atoms with van der Waals surface area (Å²) < 4.78 is 40.1. The maximum atomic E-state index is 13.8. The number of urea groups is 1. The molecule has 2 rings (SSSR count). The molecule has 0 unspecified atom stereocenters. The summed E-state index contributed by atoms with van der Waals surface area (Å²) in [4.78, 5) is 15.3. The summed E-state index contributed by atoms with van der Waals surface area (Å²) in [5, 5.41) is 2.85. The molecule has 0 aromatic heterocycles. The van der Waals surface area contributed by atoms with Gasteiger partial charge < -0.3 is 15.1 Å². The first-order valence-corrected chi connectivity index (χ1v) is 7.81. The van der Waals surface area contributed by atoms with Gasteiger partial charge in [0, 0.05) is 32.7 Å². The zero-order valence-corrected chi connectivity index (χ0v) is 13.4. The molecule has 1 saturated heterocycles. The summed E-state index contributed by atoms with van der Waals surface area (Å²) in [5.74, 6) is -3.32. The van der Waals surface area contributed by atoms with Gasteiger partial charge in [-0.3, -0.25) is 0 Å². The molecule has 0 bridgehead atoms. The molecule has 0 saturated carbocycles. The third-order valence-corrected chi connectivity index (χ3v) is 3.92. The number of hydrogen-bond donors (Lipinski definition) is 1. The van der Waals surface area contributed by atoms with Gasteiger partial charge in [-0.05, 0) is 24.5 Å². The number of hydrogen-bond acceptors (Lipinski definition) is 2. The summed E-state index contributed by atoms with van der Waals surface area (Å²) in [6.07, 6.45) is 0.909. The molecule has 1 aliphatic heterocycles. The van der Waals surface area contributed by atoms with Crippen molar-refractivity contribution in [1.29, 1.82) is 0 Å². The van der Waals surface area contributed by atoms with Gasteiger partial charge in [-0.15, -0.1) is 0 Å². The minimum absolute atomic E-state index is 0.0313. The molecule has 2 amide bonds. The van der Waals surface area contributed by atoms with Crippen molar-refractivity contribution in [3.05, 3.63) is 29.6 Å². The van der Waals surface area contributed by atoms with E-state index < -0.39 is 17.5 Å². The van der Waals surface area contributed by atoms with Crippen LogP contribution in [0.5, 0.6) is 0 Å². The van der Waals surface area contributed by atoms with Crippen LogP contribution in [-0.2, 0) is 0 Å². The second-order valence-electron chi connectivity index (χ2n) is 6.08. The van der Waals surface area contributed by atoms with Crippen LogP contribution in [-0.4, -0.2) is 43.7 Å². The number of nitrogens with zero attached hydrogens (tertiary/aromatic N) is 2. The van der Waals surface area contributed by atoms with Crippen LogP contribution in [0.15, 0.2) is 12.1 Å². The highest BCUT2D eigenvalue weighted by Gasteiger charge is 2.24. The molecule has 1 N–H and O–H groups in total. The lowest BCUT2D eigenvalue weighted by Gasteiger charge is -2.36. The Morgan fingerprint density at radius 2 is 1.78 bits per heavy atom. The number of halogens is 3. The monoisotopic (exact) mass is 329 g/mol. The topological polar surface area (TPSA) is 35.6 Å². The van der Waals surface area contributed by atoms with E-state index in [-0.39, 0.29) is 11.7 Å². The lowest BCUT2D eigenvalue weighted by Crippen LogP contribution is -2.52. The van der Waals surface area contributed by atoms with Crippen molar-refractivity contribution >= 4 is 11.7 Å². The van der Waals surface area contributed by atoms with Gasteiger partial charge in [0.25, 0.3) is 0 Å². The first-order chi connectivity index (χ1) is 10.9. The number of carbonyl (C=O) groups excluding carboxylic acids is 1. The minimum atomic E-state index is -1.46. The Balaban J connectivity index is 1.89. The van der Waals surface area contributed by atoms with Crippen molar-refractivity contribution in [2.45, 2.75) is 20.3 Å². The van der Waals surface area contributed by atoms with E-state index in [1.165, 1.54) is 6.07 Å². The Labute approximate surface area is 134 Å². The average Bonchev–Trinajstić information content (AvgIpc) is 2.52. The van der Waals surface area contributed by atoms with Crippen LogP contribution in [0.1, 0.15) is 20.3 Å². The average molecular weight is 329 g/mol. The van der Waals surface area contributed by atoms with E-state index in [0.29, 0.717) is 38.6 Å². The van der Waals surface area contributed by atoms with Crippen LogP contribution in [0.3, 0.4) is 0 Å². The zero-order chi connectivity index (χ0) is 17.0. The fraction of sp³-hybridized carbons (Fsp3) is 0.562. The van der Waals surface area contributed by atoms with Gasteiger partial charge in [-0.1, -0.05) is 13.8 Å². The maximum Gasteiger partial charge on any atom is 0.317 e. The van der Waals surface area contributed by atoms with Gasteiger partial charge in [0.15, 0.2) is 17.5 Å². The summed E-state index contributed by atoms with van der Waals surface area (Å²) in [6.45, 7) is 6.36. The standard InChI is InChI=1S/C16H22F3N3O/c1-11(2)5-6-20-16(23)22-9-7-21(8-10-22)13-4-3-12(17)14(18)15(13)19/h3-4,11H,5-10H2,1-2H3,(H,20,23). The molecule has 0 aliphatic carbocycles. The van der Waals surface area contributed by atoms with Gasteiger partial charge >= 0.3 is 6.03 Å². The predicted octanol–water partition coefficient (Wildman–Crippen LogP) is 2.98. The third kappa shape index (κ3) is 4.30. The van der Waals surface area contributed by atoms with Crippen LogP contribution in [0.2, 0.25) is 0 Å². The van der Waals surface area contributed by atoms with E-state index in [4.69, 9.17) is 0 Å². The van der Waals surface area contributed by atoms with Gasteiger partial charge in [-0.25, -0.2) is 18.0 Å². The normalized spacial score (nSPS) is 15.2. The van der Waals surface area contributed by atoms with E-state index in [2.05, 4.69) is 19.2 Å². The second kappa shape index (κ2) is 7.57. The Morgan fingerprint density at radius 1 is 1.13 bits per heavy atom. The van der Waals surface area contributed by atoms with E-state index in [9.17, 15) is 18.0 Å². The first kappa shape index (κ1) is 17.4. The molecule has 7 heteroatoms. The van der Waals surface area contributed by atoms with Crippen molar-refractivity contribution in [1.82, 2.24) is 10.2 Å². The Bertz CT molecular complexity index is 558. The molecule has 1 heterocycles. The van der Waals surface area contributed by atoms with Gasteiger partial charge in [0.2, 0.25) is 0 Å². The fourth-order valence-electron chi connectivity index (χ4n) is 2.49. The molecule has 1 aliphatic rings. The van der Waals surface area contributed by atoms with E-state index in [1.807, 2.05) is 0 Å². The van der Waals surface area contributed by atoms with Crippen molar-refractivity contribution < 1.29 is 18.0 Å². The SMILES string of the molecule is CC(C)CCNC(=O)N1CCN(c2ccc(F)c(F)c2F)CC1. The van der Waals surface area contributed by atoms with Crippen molar-refractivity contribution in [2.24, 2.45) is 5.92 Å².